The smallest absolute Gasteiger partial charge is 0.319 e. The third-order valence-electron chi connectivity index (χ3n) is 4.04. The molecule has 104 valence electrons. The molecule has 0 spiro atoms. The molecule has 2 fully saturated rings. The van der Waals surface area contributed by atoms with Gasteiger partial charge in [-0.2, -0.15) is 0 Å². The van der Waals surface area contributed by atoms with E-state index in [0.717, 1.165) is 45.7 Å². The maximum Gasteiger partial charge on any atom is 0.319 e. The van der Waals surface area contributed by atoms with Gasteiger partial charge in [-0.25, -0.2) is 4.79 Å². The van der Waals surface area contributed by atoms with Gasteiger partial charge in [0.15, 0.2) is 0 Å². The number of ether oxygens (including phenoxy) is 1. The van der Waals surface area contributed by atoms with Crippen LogP contribution in [0.15, 0.2) is 0 Å². The Morgan fingerprint density at radius 1 is 1.39 bits per heavy atom. The second-order valence-electron chi connectivity index (χ2n) is 5.94. The Morgan fingerprint density at radius 3 is 2.89 bits per heavy atom. The highest BCUT2D eigenvalue weighted by molar-refractivity contribution is 5.74. The van der Waals surface area contributed by atoms with Gasteiger partial charge in [-0.1, -0.05) is 6.92 Å². The van der Waals surface area contributed by atoms with Crippen molar-refractivity contribution in [3.63, 3.8) is 0 Å². The lowest BCUT2D eigenvalue weighted by molar-refractivity contribution is 0.0424. The second kappa shape index (κ2) is 6.41. The molecule has 0 N–H and O–H groups in total. The Kier molecular flexibility index (Phi) is 4.87. The molecule has 0 radical (unpaired) electrons. The number of hydrogen-bond donors (Lipinski definition) is 0. The molecule has 2 rings (SSSR count). The van der Waals surface area contributed by atoms with Crippen molar-refractivity contribution in [1.29, 1.82) is 0 Å². The highest BCUT2D eigenvalue weighted by atomic mass is 16.5. The molecular weight excluding hydrogens is 228 g/mol. The van der Waals surface area contributed by atoms with Gasteiger partial charge in [0.05, 0.1) is 6.61 Å². The van der Waals surface area contributed by atoms with Crippen LogP contribution in [0.2, 0.25) is 0 Å². The van der Waals surface area contributed by atoms with E-state index in [1.165, 1.54) is 12.8 Å². The van der Waals surface area contributed by atoms with Gasteiger partial charge in [-0.3, -0.25) is 0 Å². The molecule has 2 heterocycles. The molecule has 0 saturated carbocycles. The number of nitrogens with zero attached hydrogens (tertiary/aromatic N) is 2. The molecular formula is C14H26N2O2. The lowest BCUT2D eigenvalue weighted by atomic mass is 10.0. The van der Waals surface area contributed by atoms with Crippen LogP contribution in [0.4, 0.5) is 4.79 Å². The van der Waals surface area contributed by atoms with Crippen molar-refractivity contribution in [2.75, 3.05) is 39.9 Å². The molecule has 0 aromatic heterocycles. The van der Waals surface area contributed by atoms with Gasteiger partial charge in [0.25, 0.3) is 0 Å². The zero-order chi connectivity index (χ0) is 13.0. The zero-order valence-electron chi connectivity index (χ0n) is 11.7. The highest BCUT2D eigenvalue weighted by Gasteiger charge is 2.25. The number of rotatable bonds is 2. The van der Waals surface area contributed by atoms with Crippen LogP contribution in [-0.2, 0) is 4.74 Å². The SMILES string of the molecule is CC1CCCN(C(=O)N(C)CC2CCCOC2)C1. The molecule has 0 bridgehead atoms. The van der Waals surface area contributed by atoms with E-state index in [4.69, 9.17) is 4.74 Å². The minimum Gasteiger partial charge on any atom is -0.381 e. The number of carbonyl (C=O) groups is 1. The molecule has 2 atom stereocenters. The van der Waals surface area contributed by atoms with E-state index in [-0.39, 0.29) is 6.03 Å². The van der Waals surface area contributed by atoms with Crippen LogP contribution in [0.25, 0.3) is 0 Å². The summed E-state index contributed by atoms with van der Waals surface area (Å²) in [6, 6.07) is 0.201. The maximum absolute atomic E-state index is 12.3. The fourth-order valence-corrected chi connectivity index (χ4v) is 3.02. The minimum atomic E-state index is 0.201. The third-order valence-corrected chi connectivity index (χ3v) is 4.04. The lowest BCUT2D eigenvalue weighted by Crippen LogP contribution is -2.47. The van der Waals surface area contributed by atoms with Crippen LogP contribution in [0.3, 0.4) is 0 Å². The Hall–Kier alpha value is -0.770. The summed E-state index contributed by atoms with van der Waals surface area (Å²) >= 11 is 0. The molecule has 2 amide bonds. The van der Waals surface area contributed by atoms with Crippen LogP contribution >= 0.6 is 0 Å². The first kappa shape index (κ1) is 13.7. The molecule has 0 aliphatic carbocycles. The van der Waals surface area contributed by atoms with Crippen LogP contribution in [0, 0.1) is 11.8 Å². The lowest BCUT2D eigenvalue weighted by Gasteiger charge is -2.35. The molecule has 2 aliphatic rings. The van der Waals surface area contributed by atoms with Crippen molar-refractivity contribution in [2.45, 2.75) is 32.6 Å². The first-order valence-electron chi connectivity index (χ1n) is 7.24. The highest BCUT2D eigenvalue weighted by Crippen LogP contribution is 2.18. The topological polar surface area (TPSA) is 32.8 Å². The first-order valence-corrected chi connectivity index (χ1v) is 7.24. The summed E-state index contributed by atoms with van der Waals surface area (Å²) in [6.45, 7) is 6.61. The van der Waals surface area contributed by atoms with Crippen LogP contribution in [0.1, 0.15) is 32.6 Å². The Labute approximate surface area is 110 Å². The molecule has 0 aromatic rings. The second-order valence-corrected chi connectivity index (χ2v) is 5.94. The fourth-order valence-electron chi connectivity index (χ4n) is 3.02. The third kappa shape index (κ3) is 3.61. The van der Waals surface area contributed by atoms with Gasteiger partial charge in [-0.15, -0.1) is 0 Å². The van der Waals surface area contributed by atoms with Gasteiger partial charge in [-0.05, 0) is 31.6 Å². The predicted octanol–water partition coefficient (Wildman–Crippen LogP) is 2.20. The number of urea groups is 1. The van der Waals surface area contributed by atoms with Crippen LogP contribution < -0.4 is 0 Å². The first-order chi connectivity index (χ1) is 8.66. The van der Waals surface area contributed by atoms with Crippen molar-refractivity contribution in [2.24, 2.45) is 11.8 Å². The predicted molar refractivity (Wildman–Crippen MR) is 71.5 cm³/mol. The number of hydrogen-bond acceptors (Lipinski definition) is 2. The normalized spacial score (nSPS) is 29.1. The average molecular weight is 254 g/mol. The van der Waals surface area contributed by atoms with E-state index >= 15 is 0 Å². The summed E-state index contributed by atoms with van der Waals surface area (Å²) in [7, 11) is 1.93. The van der Waals surface area contributed by atoms with Crippen molar-refractivity contribution >= 4 is 6.03 Å². The summed E-state index contributed by atoms with van der Waals surface area (Å²) in [5, 5.41) is 0. The summed E-state index contributed by atoms with van der Waals surface area (Å²) in [6.07, 6.45) is 4.72. The minimum absolute atomic E-state index is 0.201. The van der Waals surface area contributed by atoms with Gasteiger partial charge in [0.2, 0.25) is 0 Å². The summed E-state index contributed by atoms with van der Waals surface area (Å²) < 4.78 is 5.47. The van der Waals surface area contributed by atoms with E-state index in [0.29, 0.717) is 11.8 Å². The van der Waals surface area contributed by atoms with E-state index in [1.807, 2.05) is 16.8 Å². The Morgan fingerprint density at radius 2 is 2.22 bits per heavy atom. The molecule has 18 heavy (non-hydrogen) atoms. The van der Waals surface area contributed by atoms with Gasteiger partial charge >= 0.3 is 6.03 Å². The molecule has 0 aromatic carbocycles. The van der Waals surface area contributed by atoms with E-state index in [1.54, 1.807) is 0 Å². The summed E-state index contributed by atoms with van der Waals surface area (Å²) in [5.41, 5.74) is 0. The number of carbonyl (C=O) groups excluding carboxylic acids is 1. The Bertz CT molecular complexity index is 277. The molecule has 4 nitrogen and oxygen atoms in total. The largest absolute Gasteiger partial charge is 0.381 e. The van der Waals surface area contributed by atoms with Crippen molar-refractivity contribution in [3.05, 3.63) is 0 Å². The van der Waals surface area contributed by atoms with Crippen LogP contribution in [-0.4, -0.2) is 55.7 Å². The fraction of sp³-hybridized carbons (Fsp3) is 0.929. The summed E-state index contributed by atoms with van der Waals surface area (Å²) in [4.78, 5) is 16.2. The van der Waals surface area contributed by atoms with E-state index in [9.17, 15) is 4.79 Å². The van der Waals surface area contributed by atoms with Gasteiger partial charge in [0.1, 0.15) is 0 Å². The van der Waals surface area contributed by atoms with Crippen molar-refractivity contribution < 1.29 is 9.53 Å². The quantitative estimate of drug-likeness (QED) is 0.757. The zero-order valence-corrected chi connectivity index (χ0v) is 11.7. The number of piperidine rings is 1. The molecule has 2 unspecified atom stereocenters. The van der Waals surface area contributed by atoms with Crippen molar-refractivity contribution in [1.82, 2.24) is 9.80 Å². The van der Waals surface area contributed by atoms with Crippen LogP contribution in [0.5, 0.6) is 0 Å². The number of amides is 2. The van der Waals surface area contributed by atoms with Gasteiger partial charge in [0, 0.05) is 39.2 Å². The molecule has 2 aliphatic heterocycles. The standard InChI is InChI=1S/C14H26N2O2/c1-12-5-3-7-16(9-12)14(17)15(2)10-13-6-4-8-18-11-13/h12-13H,3-11H2,1-2H3. The van der Waals surface area contributed by atoms with Crippen molar-refractivity contribution in [3.8, 4) is 0 Å². The monoisotopic (exact) mass is 254 g/mol. The van der Waals surface area contributed by atoms with E-state index < -0.39 is 0 Å². The Balaban J connectivity index is 1.79. The number of likely N-dealkylation sites (tertiary alicyclic amines) is 1. The summed E-state index contributed by atoms with van der Waals surface area (Å²) in [5.74, 6) is 1.17. The molecule has 4 heteroatoms. The molecule has 2 saturated heterocycles. The average Bonchev–Trinajstić information content (AvgIpc) is 2.39. The van der Waals surface area contributed by atoms with E-state index in [2.05, 4.69) is 6.92 Å². The van der Waals surface area contributed by atoms with Gasteiger partial charge < -0.3 is 14.5 Å². The maximum atomic E-state index is 12.3.